The molecule has 1 heterocycles. The molecule has 16 heavy (non-hydrogen) atoms. The molecule has 0 radical (unpaired) electrons. The van der Waals surface area contributed by atoms with E-state index < -0.39 is 0 Å². The number of unbranched alkanes of at least 4 members (excludes halogenated alkanes) is 1. The number of nitrogens with one attached hydrogen (secondary N) is 1. The van der Waals surface area contributed by atoms with E-state index >= 15 is 0 Å². The maximum absolute atomic E-state index is 3.47. The molecular formula is C14H30N2. The second-order valence-corrected chi connectivity index (χ2v) is 5.65. The predicted molar refractivity (Wildman–Crippen MR) is 71.8 cm³/mol. The van der Waals surface area contributed by atoms with E-state index in [2.05, 4.69) is 31.0 Å². The number of hydrogen-bond acceptors (Lipinski definition) is 2. The quantitative estimate of drug-likeness (QED) is 0.640. The first-order chi connectivity index (χ1) is 7.72. The van der Waals surface area contributed by atoms with Gasteiger partial charge >= 0.3 is 0 Å². The van der Waals surface area contributed by atoms with Crippen molar-refractivity contribution < 1.29 is 0 Å². The summed E-state index contributed by atoms with van der Waals surface area (Å²) in [6, 6.07) is 0. The first-order valence-electron chi connectivity index (χ1n) is 7.15. The lowest BCUT2D eigenvalue weighted by molar-refractivity contribution is 0.310. The molecule has 1 fully saturated rings. The molecule has 1 unspecified atom stereocenters. The van der Waals surface area contributed by atoms with E-state index in [-0.39, 0.29) is 0 Å². The van der Waals surface area contributed by atoms with Gasteiger partial charge in [0.1, 0.15) is 0 Å². The van der Waals surface area contributed by atoms with Crippen molar-refractivity contribution in [2.45, 2.75) is 46.5 Å². The Labute approximate surface area is 102 Å². The highest BCUT2D eigenvalue weighted by molar-refractivity contribution is 4.76. The van der Waals surface area contributed by atoms with Crippen molar-refractivity contribution in [3.63, 3.8) is 0 Å². The zero-order chi connectivity index (χ0) is 11.8. The van der Waals surface area contributed by atoms with Crippen LogP contribution >= 0.6 is 0 Å². The third-order valence-corrected chi connectivity index (χ3v) is 3.56. The Morgan fingerprint density at radius 2 is 2.12 bits per heavy atom. The summed E-state index contributed by atoms with van der Waals surface area (Å²) in [5, 5.41) is 3.47. The molecular weight excluding hydrogens is 196 g/mol. The van der Waals surface area contributed by atoms with E-state index in [9.17, 15) is 0 Å². The third kappa shape index (κ3) is 5.86. The van der Waals surface area contributed by atoms with Gasteiger partial charge in [-0.25, -0.2) is 0 Å². The molecule has 0 aromatic carbocycles. The Morgan fingerprint density at radius 1 is 1.31 bits per heavy atom. The molecule has 0 saturated carbocycles. The molecule has 1 rings (SSSR count). The van der Waals surface area contributed by atoms with Crippen LogP contribution in [0.4, 0.5) is 0 Å². The first kappa shape index (κ1) is 14.0. The highest BCUT2D eigenvalue weighted by Gasteiger charge is 2.20. The molecule has 0 spiro atoms. The molecule has 1 aliphatic rings. The number of likely N-dealkylation sites (tertiary alicyclic amines) is 1. The Kier molecular flexibility index (Phi) is 7.06. The Bertz CT molecular complexity index is 168. The van der Waals surface area contributed by atoms with Crippen molar-refractivity contribution in [3.8, 4) is 0 Å². The summed E-state index contributed by atoms with van der Waals surface area (Å²) in [6.45, 7) is 13.2. The predicted octanol–water partition coefficient (Wildman–Crippen LogP) is 2.74. The summed E-state index contributed by atoms with van der Waals surface area (Å²) >= 11 is 0. The lowest BCUT2D eigenvalue weighted by Gasteiger charge is -2.16. The van der Waals surface area contributed by atoms with Crippen LogP contribution in [-0.2, 0) is 0 Å². The SMILES string of the molecule is CCNCC1CCN(CCCCC(C)C)C1. The van der Waals surface area contributed by atoms with Gasteiger partial charge in [-0.2, -0.15) is 0 Å². The number of rotatable bonds is 8. The van der Waals surface area contributed by atoms with Gasteiger partial charge in [-0.05, 0) is 50.9 Å². The van der Waals surface area contributed by atoms with Gasteiger partial charge in [0.25, 0.3) is 0 Å². The molecule has 0 aromatic heterocycles. The number of hydrogen-bond donors (Lipinski definition) is 1. The largest absolute Gasteiger partial charge is 0.317 e. The van der Waals surface area contributed by atoms with Crippen molar-refractivity contribution in [1.82, 2.24) is 10.2 Å². The van der Waals surface area contributed by atoms with Gasteiger partial charge in [-0.15, -0.1) is 0 Å². The van der Waals surface area contributed by atoms with Crippen LogP contribution in [0, 0.1) is 11.8 Å². The van der Waals surface area contributed by atoms with Crippen LogP contribution in [0.3, 0.4) is 0 Å². The highest BCUT2D eigenvalue weighted by Crippen LogP contribution is 2.16. The normalized spacial score (nSPS) is 22.1. The number of nitrogens with zero attached hydrogens (tertiary/aromatic N) is 1. The fraction of sp³-hybridized carbons (Fsp3) is 1.00. The lowest BCUT2D eigenvalue weighted by Crippen LogP contribution is -2.27. The van der Waals surface area contributed by atoms with Crippen LogP contribution in [0.25, 0.3) is 0 Å². The van der Waals surface area contributed by atoms with Gasteiger partial charge in [-0.1, -0.05) is 33.6 Å². The van der Waals surface area contributed by atoms with Crippen LogP contribution < -0.4 is 5.32 Å². The monoisotopic (exact) mass is 226 g/mol. The van der Waals surface area contributed by atoms with Crippen LogP contribution in [0.2, 0.25) is 0 Å². The summed E-state index contributed by atoms with van der Waals surface area (Å²) in [7, 11) is 0. The average Bonchev–Trinajstić information content (AvgIpc) is 2.69. The summed E-state index contributed by atoms with van der Waals surface area (Å²) in [4.78, 5) is 2.66. The molecule has 96 valence electrons. The van der Waals surface area contributed by atoms with Crippen molar-refractivity contribution in [3.05, 3.63) is 0 Å². The molecule has 1 N–H and O–H groups in total. The standard InChI is InChI=1S/C14H30N2/c1-4-15-11-14-8-10-16(12-14)9-6-5-7-13(2)3/h13-15H,4-12H2,1-3H3. The van der Waals surface area contributed by atoms with Crippen molar-refractivity contribution in [2.24, 2.45) is 11.8 Å². The summed E-state index contributed by atoms with van der Waals surface area (Å²) in [6.07, 6.45) is 5.60. The Balaban J connectivity index is 1.98. The fourth-order valence-corrected chi connectivity index (χ4v) is 2.52. The second kappa shape index (κ2) is 8.08. The highest BCUT2D eigenvalue weighted by atomic mass is 15.1. The maximum Gasteiger partial charge on any atom is 0.00223 e. The van der Waals surface area contributed by atoms with Gasteiger partial charge in [0.2, 0.25) is 0 Å². The molecule has 0 aromatic rings. The van der Waals surface area contributed by atoms with Crippen LogP contribution in [0.5, 0.6) is 0 Å². The fourth-order valence-electron chi connectivity index (χ4n) is 2.52. The Morgan fingerprint density at radius 3 is 2.81 bits per heavy atom. The molecule has 2 heteroatoms. The lowest BCUT2D eigenvalue weighted by atomic mass is 10.1. The van der Waals surface area contributed by atoms with E-state index in [0.717, 1.165) is 18.4 Å². The van der Waals surface area contributed by atoms with Crippen LogP contribution in [0.15, 0.2) is 0 Å². The molecule has 0 amide bonds. The van der Waals surface area contributed by atoms with Gasteiger partial charge in [0.15, 0.2) is 0 Å². The van der Waals surface area contributed by atoms with E-state index in [0.29, 0.717) is 0 Å². The summed E-state index contributed by atoms with van der Waals surface area (Å²) in [5.41, 5.74) is 0. The molecule has 0 bridgehead atoms. The van der Waals surface area contributed by atoms with Gasteiger partial charge in [0, 0.05) is 6.54 Å². The van der Waals surface area contributed by atoms with E-state index in [4.69, 9.17) is 0 Å². The maximum atomic E-state index is 3.47. The van der Waals surface area contributed by atoms with E-state index in [1.165, 1.54) is 51.9 Å². The van der Waals surface area contributed by atoms with Crippen molar-refractivity contribution in [2.75, 3.05) is 32.7 Å². The minimum absolute atomic E-state index is 0.875. The minimum Gasteiger partial charge on any atom is -0.317 e. The Hall–Kier alpha value is -0.0800. The van der Waals surface area contributed by atoms with Gasteiger partial charge < -0.3 is 10.2 Å². The zero-order valence-electron chi connectivity index (χ0n) is 11.5. The minimum atomic E-state index is 0.875. The third-order valence-electron chi connectivity index (χ3n) is 3.56. The van der Waals surface area contributed by atoms with Crippen LogP contribution in [0.1, 0.15) is 46.5 Å². The van der Waals surface area contributed by atoms with E-state index in [1.807, 2.05) is 0 Å². The molecule has 2 nitrogen and oxygen atoms in total. The van der Waals surface area contributed by atoms with Gasteiger partial charge in [-0.3, -0.25) is 0 Å². The molecule has 0 aliphatic carbocycles. The second-order valence-electron chi connectivity index (χ2n) is 5.65. The first-order valence-corrected chi connectivity index (χ1v) is 7.15. The van der Waals surface area contributed by atoms with Gasteiger partial charge in [0.05, 0.1) is 0 Å². The van der Waals surface area contributed by atoms with Crippen molar-refractivity contribution in [1.29, 1.82) is 0 Å². The van der Waals surface area contributed by atoms with Crippen molar-refractivity contribution >= 4 is 0 Å². The molecule has 1 saturated heterocycles. The summed E-state index contributed by atoms with van der Waals surface area (Å²) < 4.78 is 0. The average molecular weight is 226 g/mol. The molecule has 1 atom stereocenters. The molecule has 1 aliphatic heterocycles. The van der Waals surface area contributed by atoms with Crippen LogP contribution in [-0.4, -0.2) is 37.6 Å². The van der Waals surface area contributed by atoms with E-state index in [1.54, 1.807) is 0 Å². The topological polar surface area (TPSA) is 15.3 Å². The zero-order valence-corrected chi connectivity index (χ0v) is 11.5. The smallest absolute Gasteiger partial charge is 0.00223 e. The summed E-state index contributed by atoms with van der Waals surface area (Å²) in [5.74, 6) is 1.78.